The van der Waals surface area contributed by atoms with Crippen molar-refractivity contribution in [3.63, 3.8) is 0 Å². The fourth-order valence-corrected chi connectivity index (χ4v) is 2.88. The number of H-pyrrole nitrogens is 1. The van der Waals surface area contributed by atoms with Crippen molar-refractivity contribution in [1.82, 2.24) is 14.9 Å². The second-order valence-electron chi connectivity index (χ2n) is 6.22. The van der Waals surface area contributed by atoms with Crippen molar-refractivity contribution in [2.75, 3.05) is 13.6 Å². The number of aliphatic hydroxyl groups is 2. The highest BCUT2D eigenvalue weighted by Gasteiger charge is 2.46. The maximum Gasteiger partial charge on any atom is 0.328 e. The molecule has 4 unspecified atom stereocenters. The Morgan fingerprint density at radius 2 is 2.08 bits per heavy atom. The van der Waals surface area contributed by atoms with Gasteiger partial charge in [-0.25, -0.2) is 4.79 Å². The van der Waals surface area contributed by atoms with Crippen LogP contribution in [0.25, 0.3) is 0 Å². The molecule has 1 fully saturated rings. The Bertz CT molecular complexity index is 757. The second kappa shape index (κ2) is 8.99. The number of ether oxygens (including phenoxy) is 1. The van der Waals surface area contributed by atoms with Crippen LogP contribution in [-0.2, 0) is 27.3 Å². The molecule has 0 bridgehead atoms. The fraction of sp³-hybridized carbons (Fsp3) is 0.625. The van der Waals surface area contributed by atoms with Gasteiger partial charge >= 0.3 is 5.69 Å². The smallest absolute Gasteiger partial charge is 0.328 e. The Kier molecular flexibility index (Phi) is 6.98. The summed E-state index contributed by atoms with van der Waals surface area (Å²) in [5.74, 6) is -0.988. The van der Waals surface area contributed by atoms with Crippen molar-refractivity contribution < 1.29 is 24.5 Å². The van der Waals surface area contributed by atoms with E-state index in [4.69, 9.17) is 4.74 Å². The maximum atomic E-state index is 12.0. The van der Waals surface area contributed by atoms with Crippen LogP contribution in [0.15, 0.2) is 15.8 Å². The lowest BCUT2D eigenvalue weighted by Crippen LogP contribution is -2.39. The van der Waals surface area contributed by atoms with Crippen LogP contribution >= 0.6 is 0 Å². The predicted molar refractivity (Wildman–Crippen MR) is 89.9 cm³/mol. The Morgan fingerprint density at radius 1 is 1.35 bits per heavy atom. The van der Waals surface area contributed by atoms with Gasteiger partial charge in [-0.2, -0.15) is 0 Å². The number of ketones is 1. The molecule has 1 saturated heterocycles. The summed E-state index contributed by atoms with van der Waals surface area (Å²) >= 11 is 0. The minimum absolute atomic E-state index is 0.0123. The van der Waals surface area contributed by atoms with E-state index in [1.807, 2.05) is 7.05 Å². The molecule has 1 aliphatic heterocycles. The van der Waals surface area contributed by atoms with E-state index in [0.29, 0.717) is 12.0 Å². The molecule has 4 N–H and O–H groups in total. The first-order valence-electron chi connectivity index (χ1n) is 8.37. The van der Waals surface area contributed by atoms with Gasteiger partial charge in [-0.3, -0.25) is 23.9 Å². The summed E-state index contributed by atoms with van der Waals surface area (Å²) in [6.45, 7) is 0.629. The predicted octanol–water partition coefficient (Wildman–Crippen LogP) is -2.66. The van der Waals surface area contributed by atoms with Gasteiger partial charge in [0.1, 0.15) is 18.3 Å². The van der Waals surface area contributed by atoms with Gasteiger partial charge in [0.05, 0.1) is 6.54 Å². The van der Waals surface area contributed by atoms with Crippen LogP contribution in [0, 0.1) is 0 Å². The number of aromatic amines is 1. The number of aryl methyl sites for hydroxylation is 1. The number of hydrogen-bond acceptors (Lipinski definition) is 8. The Hall–Kier alpha value is -2.14. The molecule has 2 rings (SSSR count). The minimum Gasteiger partial charge on any atom is -0.388 e. The Labute approximate surface area is 148 Å². The third-order valence-electron chi connectivity index (χ3n) is 4.34. The first-order valence-corrected chi connectivity index (χ1v) is 8.37. The van der Waals surface area contributed by atoms with Crippen molar-refractivity contribution in [1.29, 1.82) is 0 Å². The maximum absolute atomic E-state index is 12.0. The first-order chi connectivity index (χ1) is 12.4. The van der Waals surface area contributed by atoms with Gasteiger partial charge in [-0.1, -0.05) is 0 Å². The van der Waals surface area contributed by atoms with Crippen molar-refractivity contribution in [3.05, 3.63) is 32.6 Å². The number of aliphatic hydroxyl groups excluding tert-OH is 2. The number of aldehydes is 1. The molecule has 4 atom stereocenters. The lowest BCUT2D eigenvalue weighted by atomic mass is 10.1. The molecule has 144 valence electrons. The SMILES string of the molecule is CNCCCCc1cn(CC2OC(C(=O)C=O)C(O)C2O)c(=O)[nH]c1=O. The zero-order valence-electron chi connectivity index (χ0n) is 14.4. The summed E-state index contributed by atoms with van der Waals surface area (Å²) in [4.78, 5) is 48.1. The average molecular weight is 369 g/mol. The molecule has 0 amide bonds. The third kappa shape index (κ3) is 4.52. The van der Waals surface area contributed by atoms with Crippen LogP contribution in [0.3, 0.4) is 0 Å². The van der Waals surface area contributed by atoms with E-state index < -0.39 is 41.4 Å². The lowest BCUT2D eigenvalue weighted by Gasteiger charge is -2.16. The molecular weight excluding hydrogens is 346 g/mol. The van der Waals surface area contributed by atoms with Gasteiger partial charge in [0, 0.05) is 11.8 Å². The lowest BCUT2D eigenvalue weighted by molar-refractivity contribution is -0.140. The summed E-state index contributed by atoms with van der Waals surface area (Å²) in [5.41, 5.74) is -0.753. The van der Waals surface area contributed by atoms with Crippen LogP contribution in [0.2, 0.25) is 0 Å². The van der Waals surface area contributed by atoms with Crippen molar-refractivity contribution in [3.8, 4) is 0 Å². The van der Waals surface area contributed by atoms with Gasteiger partial charge in [-0.15, -0.1) is 0 Å². The Morgan fingerprint density at radius 3 is 2.73 bits per heavy atom. The summed E-state index contributed by atoms with van der Waals surface area (Å²) in [5, 5.41) is 22.9. The Balaban J connectivity index is 2.13. The van der Waals surface area contributed by atoms with E-state index >= 15 is 0 Å². The summed E-state index contributed by atoms with van der Waals surface area (Å²) in [7, 11) is 1.83. The first kappa shape index (κ1) is 20.2. The molecule has 0 aromatic carbocycles. The number of carbonyl (C=O) groups is 2. The van der Waals surface area contributed by atoms with E-state index in [1.54, 1.807) is 0 Å². The molecular formula is C16H23N3O7. The van der Waals surface area contributed by atoms with Crippen LogP contribution in [-0.4, -0.2) is 69.8 Å². The van der Waals surface area contributed by atoms with Crippen molar-refractivity contribution in [2.45, 2.75) is 50.2 Å². The number of unbranched alkanes of at least 4 members (excludes halogenated alkanes) is 1. The topological polar surface area (TPSA) is 151 Å². The second-order valence-corrected chi connectivity index (χ2v) is 6.22. The molecule has 1 aromatic heterocycles. The van der Waals surface area contributed by atoms with Gasteiger partial charge < -0.3 is 20.3 Å². The van der Waals surface area contributed by atoms with Crippen molar-refractivity contribution in [2.24, 2.45) is 0 Å². The molecule has 0 aliphatic carbocycles. The number of rotatable bonds is 9. The molecule has 2 heterocycles. The largest absolute Gasteiger partial charge is 0.388 e. The zero-order valence-corrected chi connectivity index (χ0v) is 14.4. The number of nitrogens with zero attached hydrogens (tertiary/aromatic N) is 1. The van der Waals surface area contributed by atoms with Crippen LogP contribution in [0.4, 0.5) is 0 Å². The van der Waals surface area contributed by atoms with E-state index in [-0.39, 0.29) is 12.8 Å². The number of aromatic nitrogens is 2. The van der Waals surface area contributed by atoms with Crippen molar-refractivity contribution >= 4 is 12.1 Å². The molecule has 0 spiro atoms. The standard InChI is InChI=1S/C16H23N3O7/c1-17-5-3-2-4-9-6-19(16(25)18-15(9)24)7-11-12(22)13(23)14(26-11)10(21)8-20/h6,8,11-14,17,22-23H,2-5,7H2,1H3,(H,18,24,25). The third-order valence-corrected chi connectivity index (χ3v) is 4.34. The van der Waals surface area contributed by atoms with Gasteiger partial charge in [0.2, 0.25) is 5.78 Å². The number of nitrogens with one attached hydrogen (secondary N) is 2. The molecule has 0 radical (unpaired) electrons. The summed E-state index contributed by atoms with van der Waals surface area (Å²) in [6.07, 6.45) is -2.05. The molecule has 1 aromatic rings. The molecule has 1 aliphatic rings. The van der Waals surface area contributed by atoms with Gasteiger partial charge in [0.25, 0.3) is 5.56 Å². The minimum atomic E-state index is -1.56. The molecule has 0 saturated carbocycles. The monoisotopic (exact) mass is 369 g/mol. The molecule has 10 heteroatoms. The summed E-state index contributed by atoms with van der Waals surface area (Å²) in [6, 6.07) is 0. The average Bonchev–Trinajstić information content (AvgIpc) is 2.90. The highest BCUT2D eigenvalue weighted by atomic mass is 16.5. The quantitative estimate of drug-likeness (QED) is 0.209. The van der Waals surface area contributed by atoms with Crippen LogP contribution in [0.1, 0.15) is 18.4 Å². The van der Waals surface area contributed by atoms with E-state index in [1.165, 1.54) is 6.20 Å². The summed E-state index contributed by atoms with van der Waals surface area (Å²) < 4.78 is 6.40. The zero-order chi connectivity index (χ0) is 19.3. The number of hydrogen-bond donors (Lipinski definition) is 4. The molecule has 10 nitrogen and oxygen atoms in total. The highest BCUT2D eigenvalue weighted by molar-refractivity contribution is 6.27. The van der Waals surface area contributed by atoms with Crippen LogP contribution < -0.4 is 16.6 Å². The number of Topliss-reactive ketones (excluding diaryl/α,β-unsaturated/α-hetero) is 1. The normalized spacial score (nSPS) is 25.3. The van der Waals surface area contributed by atoms with Gasteiger partial charge in [0.15, 0.2) is 12.4 Å². The van der Waals surface area contributed by atoms with E-state index in [0.717, 1.165) is 24.0 Å². The van der Waals surface area contributed by atoms with E-state index in [2.05, 4.69) is 10.3 Å². The van der Waals surface area contributed by atoms with E-state index in [9.17, 15) is 29.4 Å². The van der Waals surface area contributed by atoms with Gasteiger partial charge in [-0.05, 0) is 32.9 Å². The highest BCUT2D eigenvalue weighted by Crippen LogP contribution is 2.22. The number of carbonyl (C=O) groups excluding carboxylic acids is 2. The fourth-order valence-electron chi connectivity index (χ4n) is 2.88. The molecule has 26 heavy (non-hydrogen) atoms. The van der Waals surface area contributed by atoms with Crippen LogP contribution in [0.5, 0.6) is 0 Å².